The Morgan fingerprint density at radius 1 is 1.62 bits per heavy atom. The van der Waals surface area contributed by atoms with Crippen molar-refractivity contribution in [1.29, 1.82) is 0 Å². The van der Waals surface area contributed by atoms with Gasteiger partial charge in [-0.1, -0.05) is 13.2 Å². The van der Waals surface area contributed by atoms with Crippen molar-refractivity contribution in [3.05, 3.63) is 36.2 Å². The van der Waals surface area contributed by atoms with E-state index in [9.17, 15) is 0 Å². The quantitative estimate of drug-likeness (QED) is 0.596. The lowest BCUT2D eigenvalue weighted by molar-refractivity contribution is 0.562. The number of amidine groups is 1. The van der Waals surface area contributed by atoms with Crippen LogP contribution >= 0.6 is 0 Å². The van der Waals surface area contributed by atoms with Gasteiger partial charge in [0.1, 0.15) is 5.84 Å². The number of nitrogens with zero attached hydrogens (tertiary/aromatic N) is 2. The molecule has 1 fully saturated rings. The molecule has 0 bridgehead atoms. The topological polar surface area (TPSA) is 15.6 Å². The maximum Gasteiger partial charge on any atom is 0.109 e. The Hall–Kier alpha value is -1.31. The summed E-state index contributed by atoms with van der Waals surface area (Å²) in [6.07, 6.45) is 4.16. The van der Waals surface area contributed by atoms with E-state index in [1.54, 1.807) is 0 Å². The fourth-order valence-corrected chi connectivity index (χ4v) is 1.80. The van der Waals surface area contributed by atoms with Gasteiger partial charge < -0.3 is 4.90 Å². The number of hydrogen-bond donors (Lipinski definition) is 0. The van der Waals surface area contributed by atoms with Crippen molar-refractivity contribution in [3.8, 4) is 0 Å². The minimum Gasteiger partial charge on any atom is -0.330 e. The van der Waals surface area contributed by atoms with Crippen molar-refractivity contribution in [2.45, 2.75) is 19.8 Å². The first-order chi connectivity index (χ1) is 6.20. The molecule has 0 aromatic heterocycles. The first-order valence-electron chi connectivity index (χ1n) is 4.59. The number of fused-ring (bicyclic) bond motifs is 1. The molecule has 0 atom stereocenters. The molecule has 2 aliphatic heterocycles. The van der Waals surface area contributed by atoms with Gasteiger partial charge in [-0.25, -0.2) is 4.99 Å². The molecule has 0 unspecified atom stereocenters. The van der Waals surface area contributed by atoms with Crippen LogP contribution < -0.4 is 0 Å². The van der Waals surface area contributed by atoms with Gasteiger partial charge in [0, 0.05) is 30.4 Å². The lowest BCUT2D eigenvalue weighted by atomic mass is 10.1. The largest absolute Gasteiger partial charge is 0.330 e. The maximum atomic E-state index is 4.40. The van der Waals surface area contributed by atoms with E-state index >= 15 is 0 Å². The summed E-state index contributed by atoms with van der Waals surface area (Å²) >= 11 is 0. The Labute approximate surface area is 79.0 Å². The van der Waals surface area contributed by atoms with Crippen LogP contribution in [0.15, 0.2) is 41.2 Å². The Morgan fingerprint density at radius 3 is 3.08 bits per heavy atom. The second-order valence-corrected chi connectivity index (χ2v) is 3.57. The molecule has 2 aliphatic rings. The van der Waals surface area contributed by atoms with E-state index in [1.807, 2.05) is 13.1 Å². The Kier molecular flexibility index (Phi) is 1.83. The minimum absolute atomic E-state index is 1.04. The molecule has 2 nitrogen and oxygen atoms in total. The van der Waals surface area contributed by atoms with E-state index < -0.39 is 0 Å². The molecular formula is C11H14N2. The predicted molar refractivity (Wildman–Crippen MR) is 55.4 cm³/mol. The molecule has 0 amide bonds. The fraction of sp³-hybridized carbons (Fsp3) is 0.364. The smallest absolute Gasteiger partial charge is 0.109 e. The predicted octanol–water partition coefficient (Wildman–Crippen LogP) is 2.47. The van der Waals surface area contributed by atoms with E-state index in [0.29, 0.717) is 0 Å². The standard InChI is InChI=1S/C11H14N2/c1-8(2)10-7-12-11-5-4-6-13(11)9(10)3/h7H,1,3-6H2,2H3. The summed E-state index contributed by atoms with van der Waals surface area (Å²) in [7, 11) is 0. The van der Waals surface area contributed by atoms with Crippen LogP contribution in [-0.2, 0) is 0 Å². The van der Waals surface area contributed by atoms with Crippen molar-refractivity contribution in [1.82, 2.24) is 4.90 Å². The van der Waals surface area contributed by atoms with Crippen LogP contribution in [0, 0.1) is 0 Å². The Bertz CT molecular complexity index is 334. The number of aliphatic imine (C=N–C) groups is 1. The van der Waals surface area contributed by atoms with Gasteiger partial charge in [0.25, 0.3) is 0 Å². The minimum atomic E-state index is 1.04. The molecule has 0 saturated carbocycles. The first-order valence-corrected chi connectivity index (χ1v) is 4.59. The van der Waals surface area contributed by atoms with Crippen LogP contribution in [0.3, 0.4) is 0 Å². The molecule has 0 aromatic rings. The molecule has 2 heterocycles. The summed E-state index contributed by atoms with van der Waals surface area (Å²) in [5.41, 5.74) is 3.19. The number of rotatable bonds is 1. The van der Waals surface area contributed by atoms with Crippen LogP contribution in [0.5, 0.6) is 0 Å². The molecule has 0 radical (unpaired) electrons. The zero-order valence-corrected chi connectivity index (χ0v) is 8.01. The van der Waals surface area contributed by atoms with Gasteiger partial charge in [-0.3, -0.25) is 0 Å². The van der Waals surface area contributed by atoms with E-state index in [1.165, 1.54) is 6.42 Å². The molecule has 0 spiro atoms. The van der Waals surface area contributed by atoms with Gasteiger partial charge in [-0.05, 0) is 18.9 Å². The second kappa shape index (κ2) is 2.87. The Morgan fingerprint density at radius 2 is 2.38 bits per heavy atom. The summed E-state index contributed by atoms with van der Waals surface area (Å²) in [6, 6.07) is 0. The van der Waals surface area contributed by atoms with Crippen LogP contribution in [-0.4, -0.2) is 17.3 Å². The molecule has 68 valence electrons. The van der Waals surface area contributed by atoms with Crippen LogP contribution in [0.2, 0.25) is 0 Å². The van der Waals surface area contributed by atoms with Crippen molar-refractivity contribution >= 4 is 5.84 Å². The molecule has 2 rings (SSSR count). The highest BCUT2D eigenvalue weighted by atomic mass is 15.2. The molecule has 0 N–H and O–H groups in total. The van der Waals surface area contributed by atoms with Gasteiger partial charge >= 0.3 is 0 Å². The summed E-state index contributed by atoms with van der Waals surface area (Å²) < 4.78 is 0. The summed E-state index contributed by atoms with van der Waals surface area (Å²) in [4.78, 5) is 6.60. The van der Waals surface area contributed by atoms with Crippen molar-refractivity contribution in [2.75, 3.05) is 6.54 Å². The third-order valence-corrected chi connectivity index (χ3v) is 2.53. The second-order valence-electron chi connectivity index (χ2n) is 3.57. The van der Waals surface area contributed by atoms with Gasteiger partial charge in [-0.15, -0.1) is 0 Å². The monoisotopic (exact) mass is 174 g/mol. The van der Waals surface area contributed by atoms with E-state index in [0.717, 1.165) is 35.6 Å². The van der Waals surface area contributed by atoms with Gasteiger partial charge in [0.15, 0.2) is 0 Å². The van der Waals surface area contributed by atoms with Crippen LogP contribution in [0.4, 0.5) is 0 Å². The average Bonchev–Trinajstić information content (AvgIpc) is 2.52. The lowest BCUT2D eigenvalue weighted by Crippen LogP contribution is -2.27. The van der Waals surface area contributed by atoms with Crippen molar-refractivity contribution in [2.24, 2.45) is 4.99 Å². The average molecular weight is 174 g/mol. The first kappa shape index (κ1) is 8.30. The fourth-order valence-electron chi connectivity index (χ4n) is 1.80. The maximum absolute atomic E-state index is 4.40. The third kappa shape index (κ3) is 1.22. The number of allylic oxidation sites excluding steroid dienone is 1. The lowest BCUT2D eigenvalue weighted by Gasteiger charge is -2.26. The molecule has 13 heavy (non-hydrogen) atoms. The zero-order chi connectivity index (χ0) is 9.42. The summed E-state index contributed by atoms with van der Waals surface area (Å²) in [6.45, 7) is 11.0. The Balaban J connectivity index is 2.36. The van der Waals surface area contributed by atoms with Gasteiger partial charge in [-0.2, -0.15) is 0 Å². The van der Waals surface area contributed by atoms with Gasteiger partial charge in [0.05, 0.1) is 0 Å². The number of hydrogen-bond acceptors (Lipinski definition) is 2. The van der Waals surface area contributed by atoms with E-state index in [4.69, 9.17) is 0 Å². The normalized spacial score (nSPS) is 21.0. The third-order valence-electron chi connectivity index (χ3n) is 2.53. The van der Waals surface area contributed by atoms with E-state index in [-0.39, 0.29) is 0 Å². The summed E-state index contributed by atoms with van der Waals surface area (Å²) in [5.74, 6) is 1.16. The van der Waals surface area contributed by atoms with Crippen LogP contribution in [0.1, 0.15) is 19.8 Å². The van der Waals surface area contributed by atoms with Crippen molar-refractivity contribution in [3.63, 3.8) is 0 Å². The molecule has 0 aromatic carbocycles. The zero-order valence-electron chi connectivity index (χ0n) is 8.01. The van der Waals surface area contributed by atoms with Gasteiger partial charge in [0.2, 0.25) is 0 Å². The summed E-state index contributed by atoms with van der Waals surface area (Å²) in [5, 5.41) is 0. The highest BCUT2D eigenvalue weighted by Crippen LogP contribution is 2.28. The molecule has 2 heteroatoms. The highest BCUT2D eigenvalue weighted by Gasteiger charge is 2.25. The molecule has 0 aliphatic carbocycles. The van der Waals surface area contributed by atoms with Crippen LogP contribution in [0.25, 0.3) is 0 Å². The highest BCUT2D eigenvalue weighted by molar-refractivity contribution is 5.88. The van der Waals surface area contributed by atoms with E-state index in [2.05, 4.69) is 23.1 Å². The van der Waals surface area contributed by atoms with Crippen molar-refractivity contribution < 1.29 is 0 Å². The molecular weight excluding hydrogens is 160 g/mol. The molecule has 1 saturated heterocycles. The SMILES string of the molecule is C=C(C)C1=CN=C2CCCN2C1=C.